The Labute approximate surface area is 61.3 Å². The topological polar surface area (TPSA) is 38.0 Å². The normalized spacial score (nSPS) is 10.3. The van der Waals surface area contributed by atoms with Gasteiger partial charge in [0.1, 0.15) is 4.95 Å². The minimum absolute atomic E-state index is 0.382. The van der Waals surface area contributed by atoms with E-state index in [2.05, 4.69) is 15.3 Å². The predicted molar refractivity (Wildman–Crippen MR) is 42.2 cm³/mol. The van der Waals surface area contributed by atoms with Crippen molar-refractivity contribution in [3.05, 3.63) is 4.95 Å². The summed E-state index contributed by atoms with van der Waals surface area (Å²) in [5, 5.41) is 6.22. The molecule has 0 heterocycles. The SMILES string of the molecule is C#[N+]/N=C(/[B]NC)OCC. The van der Waals surface area contributed by atoms with Crippen LogP contribution < -0.4 is 5.23 Å². The molecule has 10 heavy (non-hydrogen) atoms. The summed E-state index contributed by atoms with van der Waals surface area (Å²) in [6, 6.07) is 0. The second-order valence-electron chi connectivity index (χ2n) is 1.42. The van der Waals surface area contributed by atoms with Crippen LogP contribution in [0.4, 0.5) is 0 Å². The van der Waals surface area contributed by atoms with Crippen LogP contribution in [-0.2, 0) is 4.74 Å². The molecule has 0 aromatic carbocycles. The molecular weight excluding hydrogens is 129 g/mol. The van der Waals surface area contributed by atoms with Crippen LogP contribution in [0.25, 0.3) is 4.95 Å². The van der Waals surface area contributed by atoms with E-state index in [4.69, 9.17) is 11.3 Å². The van der Waals surface area contributed by atoms with Crippen LogP contribution in [0.2, 0.25) is 0 Å². The van der Waals surface area contributed by atoms with Gasteiger partial charge in [-0.3, -0.25) is 0 Å². The van der Waals surface area contributed by atoms with Crippen LogP contribution in [0.3, 0.4) is 0 Å². The largest absolute Gasteiger partial charge is 0.483 e. The Morgan fingerprint density at radius 3 is 3.00 bits per heavy atom. The Bertz CT molecular complexity index is 143. The van der Waals surface area contributed by atoms with Crippen LogP contribution >= 0.6 is 0 Å². The highest BCUT2D eigenvalue weighted by atomic mass is 16.5. The maximum atomic E-state index is 4.98. The molecule has 4 nitrogen and oxygen atoms in total. The minimum atomic E-state index is 0.382. The van der Waals surface area contributed by atoms with Crippen LogP contribution in [0.1, 0.15) is 6.92 Å². The van der Waals surface area contributed by atoms with E-state index in [1.54, 1.807) is 14.5 Å². The average Bonchev–Trinajstić information content (AvgIpc) is 1.90. The quantitative estimate of drug-likeness (QED) is 0.260. The van der Waals surface area contributed by atoms with Gasteiger partial charge in [-0.1, -0.05) is 0 Å². The van der Waals surface area contributed by atoms with Crippen molar-refractivity contribution >= 4 is 13.2 Å². The molecule has 0 aliphatic rings. The van der Waals surface area contributed by atoms with Gasteiger partial charge in [-0.05, 0) is 14.0 Å². The molecule has 0 saturated carbocycles. The summed E-state index contributed by atoms with van der Waals surface area (Å²) in [4.78, 5) is 3.06. The molecular formula is C5H10BN3O+. The van der Waals surface area contributed by atoms with Crippen molar-refractivity contribution < 1.29 is 4.74 Å². The number of hydrogen-bond acceptors (Lipinski definition) is 3. The standard InChI is InChI=1S/C5H10BN3O/c1-4-10-5(6-7-2)9-8-3/h3,7H,4H2,1-2H3/q+1/b9-5-. The van der Waals surface area contributed by atoms with Crippen LogP contribution in [0.5, 0.6) is 0 Å². The second-order valence-corrected chi connectivity index (χ2v) is 1.42. The third-order valence-electron chi connectivity index (χ3n) is 0.716. The Morgan fingerprint density at radius 1 is 1.90 bits per heavy atom. The van der Waals surface area contributed by atoms with Gasteiger partial charge in [-0.15, -0.1) is 0 Å². The zero-order valence-corrected chi connectivity index (χ0v) is 6.16. The zero-order valence-electron chi connectivity index (χ0n) is 6.16. The Kier molecular flexibility index (Phi) is 5.49. The molecule has 0 saturated heterocycles. The molecule has 5 heteroatoms. The van der Waals surface area contributed by atoms with Gasteiger partial charge in [-0.25, -0.2) is 0 Å². The molecule has 0 rings (SSSR count). The van der Waals surface area contributed by atoms with E-state index in [9.17, 15) is 0 Å². The highest BCUT2D eigenvalue weighted by Gasteiger charge is 2.03. The lowest BCUT2D eigenvalue weighted by Gasteiger charge is -1.97. The van der Waals surface area contributed by atoms with E-state index in [-0.39, 0.29) is 0 Å². The lowest BCUT2D eigenvalue weighted by atomic mass is 9.96. The maximum Gasteiger partial charge on any atom is 0.331 e. The highest BCUT2D eigenvalue weighted by molar-refractivity contribution is 6.71. The van der Waals surface area contributed by atoms with Gasteiger partial charge >= 0.3 is 14.0 Å². The van der Waals surface area contributed by atoms with Crippen molar-refractivity contribution in [1.29, 1.82) is 0 Å². The maximum absolute atomic E-state index is 4.98. The van der Waals surface area contributed by atoms with Crippen molar-refractivity contribution in [1.82, 2.24) is 5.23 Å². The fourth-order valence-corrected chi connectivity index (χ4v) is 0.428. The Hall–Kier alpha value is -1.02. The summed E-state index contributed by atoms with van der Waals surface area (Å²) in [5.74, 6) is 0.382. The summed E-state index contributed by atoms with van der Waals surface area (Å²) in [5.41, 5.74) is 0. The molecule has 1 N–H and O–H groups in total. The number of ether oxygens (including phenoxy) is 1. The minimum Gasteiger partial charge on any atom is -0.483 e. The van der Waals surface area contributed by atoms with Crippen LogP contribution in [0, 0.1) is 6.57 Å². The third kappa shape index (κ3) is 3.92. The van der Waals surface area contributed by atoms with Gasteiger partial charge in [0, 0.05) is 0 Å². The van der Waals surface area contributed by atoms with Gasteiger partial charge in [-0.2, -0.15) is 0 Å². The van der Waals surface area contributed by atoms with Gasteiger partial charge in [0.15, 0.2) is 5.10 Å². The molecule has 0 unspecified atom stereocenters. The summed E-state index contributed by atoms with van der Waals surface area (Å²) in [7, 11) is 3.31. The molecule has 0 aliphatic carbocycles. The molecule has 0 fully saturated rings. The lowest BCUT2D eigenvalue weighted by molar-refractivity contribution is 0.335. The summed E-state index contributed by atoms with van der Waals surface area (Å²) < 4.78 is 4.98. The molecule has 0 aromatic heterocycles. The molecule has 0 aliphatic heterocycles. The predicted octanol–water partition coefficient (Wildman–Crippen LogP) is 0.0952. The molecule has 0 bridgehead atoms. The van der Waals surface area contributed by atoms with Gasteiger partial charge in [0.2, 0.25) is 5.80 Å². The molecule has 0 amide bonds. The summed E-state index contributed by atoms with van der Waals surface area (Å²) >= 11 is 0. The van der Waals surface area contributed by atoms with Crippen molar-refractivity contribution in [3.8, 4) is 6.57 Å². The van der Waals surface area contributed by atoms with Crippen LogP contribution in [0.15, 0.2) is 5.10 Å². The Balaban J connectivity index is 3.75. The summed E-state index contributed by atoms with van der Waals surface area (Å²) in [6.45, 7) is 7.20. The van der Waals surface area contributed by atoms with E-state index < -0.39 is 0 Å². The first-order chi connectivity index (χ1) is 4.85. The van der Waals surface area contributed by atoms with Crippen molar-refractivity contribution in [3.63, 3.8) is 0 Å². The fraction of sp³-hybridized carbons (Fsp3) is 0.600. The first-order valence-electron chi connectivity index (χ1n) is 2.96. The van der Waals surface area contributed by atoms with E-state index in [1.165, 1.54) is 0 Å². The first-order valence-corrected chi connectivity index (χ1v) is 2.96. The average molecular weight is 139 g/mol. The lowest BCUT2D eigenvalue weighted by Crippen LogP contribution is -2.25. The molecule has 0 spiro atoms. The van der Waals surface area contributed by atoms with Crippen molar-refractivity contribution in [2.24, 2.45) is 5.10 Å². The number of rotatable bonds is 3. The van der Waals surface area contributed by atoms with Crippen molar-refractivity contribution in [2.75, 3.05) is 13.7 Å². The van der Waals surface area contributed by atoms with E-state index >= 15 is 0 Å². The Morgan fingerprint density at radius 2 is 2.60 bits per heavy atom. The van der Waals surface area contributed by atoms with Gasteiger partial charge < -0.3 is 9.96 Å². The van der Waals surface area contributed by atoms with Crippen LogP contribution in [-0.4, -0.2) is 26.9 Å². The van der Waals surface area contributed by atoms with Gasteiger partial charge in [0.05, 0.1) is 6.61 Å². The number of nitrogens with zero attached hydrogens (tertiary/aromatic N) is 2. The zero-order chi connectivity index (χ0) is 7.82. The third-order valence-corrected chi connectivity index (χ3v) is 0.716. The number of hydrogen-bond donors (Lipinski definition) is 1. The molecule has 0 atom stereocenters. The molecule has 0 aromatic rings. The van der Waals surface area contributed by atoms with Crippen molar-refractivity contribution in [2.45, 2.75) is 6.92 Å². The van der Waals surface area contributed by atoms with Gasteiger partial charge in [0.25, 0.3) is 0 Å². The summed E-state index contributed by atoms with van der Waals surface area (Å²) in [6.07, 6.45) is 0. The number of nitrogens with one attached hydrogen (secondary N) is 1. The first kappa shape index (κ1) is 8.98. The molecule has 53 valence electrons. The molecule has 1 radical (unpaired) electrons. The monoisotopic (exact) mass is 139 g/mol. The fourth-order valence-electron chi connectivity index (χ4n) is 0.428. The smallest absolute Gasteiger partial charge is 0.331 e. The van der Waals surface area contributed by atoms with E-state index in [0.717, 1.165) is 0 Å². The van der Waals surface area contributed by atoms with E-state index in [1.807, 2.05) is 6.92 Å². The second kappa shape index (κ2) is 6.11. The highest BCUT2D eigenvalue weighted by Crippen LogP contribution is 1.80. The van der Waals surface area contributed by atoms with E-state index in [0.29, 0.717) is 12.4 Å².